The van der Waals surface area contributed by atoms with E-state index in [2.05, 4.69) is 24.4 Å². The molecule has 0 saturated heterocycles. The molecule has 1 aromatic carbocycles. The monoisotopic (exact) mass is 318 g/mol. The van der Waals surface area contributed by atoms with Gasteiger partial charge in [-0.15, -0.1) is 11.3 Å². The number of nitrogens with one attached hydrogen (secondary N) is 1. The Morgan fingerprint density at radius 3 is 2.73 bits per heavy atom. The highest BCUT2D eigenvalue weighted by atomic mass is 32.1. The van der Waals surface area contributed by atoms with Crippen LogP contribution in [0.25, 0.3) is 0 Å². The van der Waals surface area contributed by atoms with E-state index in [-0.39, 0.29) is 0 Å². The minimum Gasteiger partial charge on any atom is -0.386 e. The number of carbonyl (C=O) groups is 1. The maximum absolute atomic E-state index is 11.1. The number of aliphatic hydroxyl groups is 1. The Labute approximate surface area is 135 Å². The molecule has 2 rings (SSSR count). The topological polar surface area (TPSA) is 75.3 Å². The number of thiophene rings is 1. The fourth-order valence-electron chi connectivity index (χ4n) is 2.20. The lowest BCUT2D eigenvalue weighted by atomic mass is 10.1. The van der Waals surface area contributed by atoms with Gasteiger partial charge in [0, 0.05) is 22.8 Å². The van der Waals surface area contributed by atoms with E-state index in [1.54, 1.807) is 11.4 Å². The zero-order valence-corrected chi connectivity index (χ0v) is 13.5. The summed E-state index contributed by atoms with van der Waals surface area (Å²) in [4.78, 5) is 11.8. The van der Waals surface area contributed by atoms with Crippen LogP contribution in [0.3, 0.4) is 0 Å². The minimum atomic E-state index is -0.614. The predicted octanol–water partition coefficient (Wildman–Crippen LogP) is 2.49. The largest absolute Gasteiger partial charge is 0.386 e. The standard InChI is InChI=1S/C17H22N2O2S/c1-12(7-8-13-5-3-2-4-6-13)19-10-15(20)16-9-14(11-22-16)17(18)21/h2-6,9,11-12,15,19-20H,7-8,10H2,1H3,(H2,18,21). The highest BCUT2D eigenvalue weighted by Gasteiger charge is 2.13. The Morgan fingerprint density at radius 2 is 2.09 bits per heavy atom. The molecule has 1 amide bonds. The number of rotatable bonds is 8. The molecule has 2 unspecified atom stereocenters. The smallest absolute Gasteiger partial charge is 0.249 e. The summed E-state index contributed by atoms with van der Waals surface area (Å²) in [5.74, 6) is -0.459. The predicted molar refractivity (Wildman–Crippen MR) is 90.0 cm³/mol. The molecule has 0 aliphatic heterocycles. The number of nitrogens with two attached hydrogens (primary N) is 1. The molecule has 0 bridgehead atoms. The number of aryl methyl sites for hydroxylation is 1. The number of amides is 1. The van der Waals surface area contributed by atoms with Crippen molar-refractivity contribution < 1.29 is 9.90 Å². The summed E-state index contributed by atoms with van der Waals surface area (Å²) in [6.07, 6.45) is 1.40. The van der Waals surface area contributed by atoms with Crippen molar-refractivity contribution in [3.8, 4) is 0 Å². The summed E-state index contributed by atoms with van der Waals surface area (Å²) >= 11 is 1.36. The molecule has 0 fully saturated rings. The molecule has 2 atom stereocenters. The molecule has 0 aliphatic rings. The average molecular weight is 318 g/mol. The summed E-state index contributed by atoms with van der Waals surface area (Å²) in [6, 6.07) is 12.3. The van der Waals surface area contributed by atoms with Gasteiger partial charge >= 0.3 is 0 Å². The summed E-state index contributed by atoms with van der Waals surface area (Å²) in [5.41, 5.74) is 6.99. The van der Waals surface area contributed by atoms with Crippen molar-refractivity contribution in [3.63, 3.8) is 0 Å². The number of carbonyl (C=O) groups excluding carboxylic acids is 1. The van der Waals surface area contributed by atoms with Crippen molar-refractivity contribution in [1.29, 1.82) is 0 Å². The van der Waals surface area contributed by atoms with Gasteiger partial charge in [-0.05, 0) is 31.4 Å². The van der Waals surface area contributed by atoms with Gasteiger partial charge in [-0.2, -0.15) is 0 Å². The molecule has 4 N–H and O–H groups in total. The fraction of sp³-hybridized carbons (Fsp3) is 0.353. The third-order valence-corrected chi connectivity index (χ3v) is 4.64. The molecule has 2 aromatic rings. The van der Waals surface area contributed by atoms with E-state index in [1.807, 2.05) is 18.2 Å². The number of primary amides is 1. The van der Waals surface area contributed by atoms with Gasteiger partial charge in [-0.25, -0.2) is 0 Å². The Hall–Kier alpha value is -1.69. The molecule has 1 aromatic heterocycles. The van der Waals surface area contributed by atoms with Crippen molar-refractivity contribution in [2.45, 2.75) is 31.9 Å². The summed E-state index contributed by atoms with van der Waals surface area (Å²) < 4.78 is 0. The van der Waals surface area contributed by atoms with Gasteiger partial charge in [-0.1, -0.05) is 30.3 Å². The van der Waals surface area contributed by atoms with E-state index < -0.39 is 12.0 Å². The van der Waals surface area contributed by atoms with Gasteiger partial charge in [0.05, 0.1) is 5.56 Å². The Bertz CT molecular complexity index is 598. The summed E-state index contributed by atoms with van der Waals surface area (Å²) in [5, 5.41) is 15.2. The molecule has 5 heteroatoms. The number of hydrogen-bond acceptors (Lipinski definition) is 4. The zero-order chi connectivity index (χ0) is 15.9. The Kier molecular flexibility index (Phi) is 6.12. The maximum Gasteiger partial charge on any atom is 0.249 e. The molecule has 1 heterocycles. The van der Waals surface area contributed by atoms with Crippen LogP contribution in [0.5, 0.6) is 0 Å². The highest BCUT2D eigenvalue weighted by molar-refractivity contribution is 7.10. The minimum absolute atomic E-state index is 0.311. The van der Waals surface area contributed by atoms with Crippen LogP contribution in [0.2, 0.25) is 0 Å². The zero-order valence-electron chi connectivity index (χ0n) is 12.7. The molecule has 22 heavy (non-hydrogen) atoms. The van der Waals surface area contributed by atoms with Gasteiger partial charge in [-0.3, -0.25) is 4.79 Å². The van der Waals surface area contributed by atoms with Crippen LogP contribution in [0, 0.1) is 0 Å². The second-order valence-electron chi connectivity index (χ2n) is 5.45. The molecule has 0 saturated carbocycles. The molecular weight excluding hydrogens is 296 g/mol. The van der Waals surface area contributed by atoms with Crippen molar-refractivity contribution in [1.82, 2.24) is 5.32 Å². The second kappa shape index (κ2) is 8.08. The normalized spacial score (nSPS) is 13.7. The molecule has 0 radical (unpaired) electrons. The van der Waals surface area contributed by atoms with Crippen LogP contribution in [0.4, 0.5) is 0 Å². The number of aliphatic hydroxyl groups excluding tert-OH is 1. The average Bonchev–Trinajstić information content (AvgIpc) is 3.02. The quantitative estimate of drug-likeness (QED) is 0.700. The van der Waals surface area contributed by atoms with Gasteiger partial charge in [0.25, 0.3) is 0 Å². The van der Waals surface area contributed by atoms with Crippen LogP contribution in [0.15, 0.2) is 41.8 Å². The fourth-order valence-corrected chi connectivity index (χ4v) is 3.08. The van der Waals surface area contributed by atoms with Crippen molar-refractivity contribution in [3.05, 3.63) is 57.8 Å². The van der Waals surface area contributed by atoms with Gasteiger partial charge in [0.15, 0.2) is 0 Å². The van der Waals surface area contributed by atoms with E-state index in [9.17, 15) is 9.90 Å². The lowest BCUT2D eigenvalue weighted by Gasteiger charge is -2.16. The SMILES string of the molecule is CC(CCc1ccccc1)NCC(O)c1cc(C(N)=O)cs1. The van der Waals surface area contributed by atoms with E-state index in [0.717, 1.165) is 17.7 Å². The summed E-state index contributed by atoms with van der Waals surface area (Å²) in [7, 11) is 0. The van der Waals surface area contributed by atoms with Crippen LogP contribution >= 0.6 is 11.3 Å². The first-order valence-corrected chi connectivity index (χ1v) is 8.28. The van der Waals surface area contributed by atoms with Crippen LogP contribution < -0.4 is 11.1 Å². The van der Waals surface area contributed by atoms with E-state index in [1.165, 1.54) is 16.9 Å². The Balaban J connectivity index is 1.75. The third-order valence-electron chi connectivity index (χ3n) is 3.60. The highest BCUT2D eigenvalue weighted by Crippen LogP contribution is 2.21. The molecule has 118 valence electrons. The van der Waals surface area contributed by atoms with E-state index in [0.29, 0.717) is 18.2 Å². The molecule has 0 aliphatic carbocycles. The number of benzene rings is 1. The number of hydrogen-bond donors (Lipinski definition) is 3. The molecule has 0 spiro atoms. The first-order valence-electron chi connectivity index (χ1n) is 7.40. The van der Waals surface area contributed by atoms with Crippen molar-refractivity contribution in [2.75, 3.05) is 6.54 Å². The first kappa shape index (κ1) is 16.7. The van der Waals surface area contributed by atoms with Crippen LogP contribution in [-0.2, 0) is 6.42 Å². The maximum atomic E-state index is 11.1. The lowest BCUT2D eigenvalue weighted by Crippen LogP contribution is -2.30. The van der Waals surface area contributed by atoms with E-state index in [4.69, 9.17) is 5.73 Å². The van der Waals surface area contributed by atoms with Crippen molar-refractivity contribution in [2.24, 2.45) is 5.73 Å². The third kappa shape index (κ3) is 4.94. The first-order chi connectivity index (χ1) is 10.6. The van der Waals surface area contributed by atoms with Gasteiger partial charge < -0.3 is 16.2 Å². The van der Waals surface area contributed by atoms with Crippen molar-refractivity contribution >= 4 is 17.2 Å². The lowest BCUT2D eigenvalue weighted by molar-refractivity contribution is 0.100. The summed E-state index contributed by atoms with van der Waals surface area (Å²) in [6.45, 7) is 2.58. The molecule has 4 nitrogen and oxygen atoms in total. The molecular formula is C17H22N2O2S. The van der Waals surface area contributed by atoms with Gasteiger partial charge in [0.1, 0.15) is 6.10 Å². The van der Waals surface area contributed by atoms with E-state index >= 15 is 0 Å². The van der Waals surface area contributed by atoms with Crippen LogP contribution in [-0.4, -0.2) is 23.6 Å². The Morgan fingerprint density at radius 1 is 1.36 bits per heavy atom. The van der Waals surface area contributed by atoms with Crippen LogP contribution in [0.1, 0.15) is 40.2 Å². The second-order valence-corrected chi connectivity index (χ2v) is 6.39. The van der Waals surface area contributed by atoms with Gasteiger partial charge in [0.2, 0.25) is 5.91 Å².